The molecule has 0 amide bonds. The first-order chi connectivity index (χ1) is 10.1. The van der Waals surface area contributed by atoms with Crippen LogP contribution in [0.4, 0.5) is 0 Å². The summed E-state index contributed by atoms with van der Waals surface area (Å²) in [5, 5.41) is 0. The van der Waals surface area contributed by atoms with Crippen molar-refractivity contribution in [3.8, 4) is 0 Å². The summed E-state index contributed by atoms with van der Waals surface area (Å²) < 4.78 is 3.39. The van der Waals surface area contributed by atoms with Crippen LogP contribution >= 0.6 is 0 Å². The lowest BCUT2D eigenvalue weighted by Gasteiger charge is -2.04. The van der Waals surface area contributed by atoms with Crippen molar-refractivity contribution in [1.82, 2.24) is 9.13 Å². The van der Waals surface area contributed by atoms with E-state index in [2.05, 4.69) is 6.58 Å². The Morgan fingerprint density at radius 2 is 1.76 bits per heavy atom. The van der Waals surface area contributed by atoms with Crippen LogP contribution in [0.5, 0.6) is 0 Å². The summed E-state index contributed by atoms with van der Waals surface area (Å²) >= 11 is 0. The second-order valence-corrected chi connectivity index (χ2v) is 4.71. The van der Waals surface area contributed by atoms with E-state index in [4.69, 9.17) is 0 Å². The fourth-order valence-corrected chi connectivity index (χ4v) is 2.31. The van der Waals surface area contributed by atoms with Gasteiger partial charge in [0, 0.05) is 12.7 Å². The highest BCUT2D eigenvalue weighted by molar-refractivity contribution is 5.81. The molecule has 0 aliphatic heterocycles. The molecule has 0 saturated carbocycles. The summed E-state index contributed by atoms with van der Waals surface area (Å²) in [7, 11) is 1.79. The van der Waals surface area contributed by atoms with Crippen molar-refractivity contribution in [2.75, 3.05) is 0 Å². The van der Waals surface area contributed by atoms with Crippen molar-refractivity contribution in [1.29, 1.82) is 0 Å². The van der Waals surface area contributed by atoms with Gasteiger partial charge in [-0.1, -0.05) is 43.0 Å². The third-order valence-corrected chi connectivity index (χ3v) is 3.53. The van der Waals surface area contributed by atoms with E-state index in [-0.39, 0.29) is 5.69 Å². The maximum absolute atomic E-state index is 12.5. The molecule has 0 spiro atoms. The van der Waals surface area contributed by atoms with Gasteiger partial charge >= 0.3 is 5.69 Å². The fraction of sp³-hybridized carbons (Fsp3) is 0.167. The highest BCUT2D eigenvalue weighted by Gasteiger charge is 2.11. The van der Waals surface area contributed by atoms with Crippen molar-refractivity contribution >= 4 is 16.7 Å². The number of aryl methyl sites for hydroxylation is 1. The Morgan fingerprint density at radius 1 is 1.10 bits per heavy atom. The molecule has 1 aromatic carbocycles. The van der Waals surface area contributed by atoms with Gasteiger partial charge in [-0.3, -0.25) is 9.13 Å². The van der Waals surface area contributed by atoms with E-state index >= 15 is 0 Å². The molecule has 1 aromatic heterocycles. The van der Waals surface area contributed by atoms with Gasteiger partial charge in [-0.2, -0.15) is 0 Å². The van der Waals surface area contributed by atoms with Crippen LogP contribution in [0, 0.1) is 0 Å². The maximum Gasteiger partial charge on any atom is 0.333 e. The van der Waals surface area contributed by atoms with Gasteiger partial charge < -0.3 is 0 Å². The smallest absolute Gasteiger partial charge is 0.295 e. The van der Waals surface area contributed by atoms with Gasteiger partial charge in [0.1, 0.15) is 0 Å². The average molecular weight is 280 g/mol. The summed E-state index contributed by atoms with van der Waals surface area (Å²) in [6.45, 7) is 7.66. The molecular formula is C18H20N2O. The van der Waals surface area contributed by atoms with Crippen LogP contribution < -0.4 is 5.69 Å². The van der Waals surface area contributed by atoms with E-state index in [0.29, 0.717) is 0 Å². The number of hydrogen-bond donors (Lipinski definition) is 0. The topological polar surface area (TPSA) is 26.9 Å². The molecule has 1 heterocycles. The Kier molecular flexibility index (Phi) is 4.43. The number of allylic oxidation sites excluding steroid dienone is 7. The first-order valence-corrected chi connectivity index (χ1v) is 6.94. The lowest BCUT2D eigenvalue weighted by Crippen LogP contribution is -2.21. The summed E-state index contributed by atoms with van der Waals surface area (Å²) in [6, 6.07) is 7.78. The van der Waals surface area contributed by atoms with E-state index in [1.54, 1.807) is 22.3 Å². The Morgan fingerprint density at radius 3 is 2.33 bits per heavy atom. The molecule has 0 saturated heterocycles. The van der Waals surface area contributed by atoms with Gasteiger partial charge in [0.05, 0.1) is 11.0 Å². The standard InChI is InChI=1S/C18H20N2O/c1-5-14(6-2)12-13-15(7-3)20-17-11-9-8-10-16(17)19(4)18(20)21/h5-13H,1H2,2-4H3/b13-12-,14-6-,15-7+. The fourth-order valence-electron chi connectivity index (χ4n) is 2.31. The molecule has 108 valence electrons. The van der Waals surface area contributed by atoms with Crippen LogP contribution in [0.25, 0.3) is 16.7 Å². The largest absolute Gasteiger partial charge is 0.333 e. The van der Waals surface area contributed by atoms with E-state index in [1.807, 2.05) is 62.4 Å². The van der Waals surface area contributed by atoms with Crippen molar-refractivity contribution in [2.24, 2.45) is 7.05 Å². The average Bonchev–Trinajstić information content (AvgIpc) is 2.77. The molecule has 2 rings (SSSR count). The first kappa shape index (κ1) is 14.9. The lowest BCUT2D eigenvalue weighted by atomic mass is 10.2. The van der Waals surface area contributed by atoms with Crippen molar-refractivity contribution in [2.45, 2.75) is 13.8 Å². The maximum atomic E-state index is 12.5. The van der Waals surface area contributed by atoms with Crippen LogP contribution in [0.3, 0.4) is 0 Å². The predicted molar refractivity (Wildman–Crippen MR) is 90.2 cm³/mol. The summed E-state index contributed by atoms with van der Waals surface area (Å²) in [4.78, 5) is 12.5. The normalized spacial score (nSPS) is 13.3. The number of hydrogen-bond acceptors (Lipinski definition) is 1. The molecule has 3 nitrogen and oxygen atoms in total. The molecule has 0 atom stereocenters. The van der Waals surface area contributed by atoms with Gasteiger partial charge in [-0.25, -0.2) is 4.79 Å². The molecule has 2 aromatic rings. The molecule has 0 fully saturated rings. The Balaban J connectivity index is 2.62. The Bertz CT molecular complexity index is 813. The van der Waals surface area contributed by atoms with Gasteiger partial charge in [-0.15, -0.1) is 0 Å². The Hall–Kier alpha value is -2.55. The van der Waals surface area contributed by atoms with Gasteiger partial charge in [-0.05, 0) is 37.6 Å². The van der Waals surface area contributed by atoms with Crippen molar-refractivity contribution < 1.29 is 0 Å². The van der Waals surface area contributed by atoms with Gasteiger partial charge in [0.25, 0.3) is 0 Å². The number of nitrogens with zero attached hydrogens (tertiary/aromatic N) is 2. The van der Waals surface area contributed by atoms with Crippen LogP contribution in [0.15, 0.2) is 71.6 Å². The highest BCUT2D eigenvalue weighted by Crippen LogP contribution is 2.17. The number of rotatable bonds is 4. The molecule has 0 unspecified atom stereocenters. The SMILES string of the molecule is C=CC(/C=C\C(=C/C)n1c(=O)n(C)c2ccccc21)=C/C. The first-order valence-electron chi connectivity index (χ1n) is 6.94. The van der Waals surface area contributed by atoms with Crippen molar-refractivity contribution in [3.63, 3.8) is 0 Å². The van der Waals surface area contributed by atoms with E-state index in [1.165, 1.54) is 0 Å². The van der Waals surface area contributed by atoms with Crippen LogP contribution in [-0.2, 0) is 7.05 Å². The van der Waals surface area contributed by atoms with Gasteiger partial charge in [0.2, 0.25) is 0 Å². The number of imidazole rings is 1. The highest BCUT2D eigenvalue weighted by atomic mass is 16.1. The minimum atomic E-state index is -0.0467. The van der Waals surface area contributed by atoms with Crippen LogP contribution in [-0.4, -0.2) is 9.13 Å². The molecular weight excluding hydrogens is 260 g/mol. The molecule has 0 aliphatic rings. The monoisotopic (exact) mass is 280 g/mol. The zero-order valence-electron chi connectivity index (χ0n) is 12.7. The van der Waals surface area contributed by atoms with Crippen LogP contribution in [0.1, 0.15) is 13.8 Å². The molecule has 0 radical (unpaired) electrons. The van der Waals surface area contributed by atoms with Gasteiger partial charge in [0.15, 0.2) is 0 Å². The number of benzene rings is 1. The minimum Gasteiger partial charge on any atom is -0.295 e. The summed E-state index contributed by atoms with van der Waals surface area (Å²) in [5.74, 6) is 0. The summed E-state index contributed by atoms with van der Waals surface area (Å²) in [5.41, 5.74) is 3.64. The molecule has 0 N–H and O–H groups in total. The van der Waals surface area contributed by atoms with E-state index < -0.39 is 0 Å². The third-order valence-electron chi connectivity index (χ3n) is 3.53. The molecule has 0 bridgehead atoms. The minimum absolute atomic E-state index is 0.0467. The van der Waals surface area contributed by atoms with Crippen LogP contribution in [0.2, 0.25) is 0 Å². The summed E-state index contributed by atoms with van der Waals surface area (Å²) in [6.07, 6.45) is 9.58. The second kappa shape index (κ2) is 6.27. The third kappa shape index (κ3) is 2.68. The number of aromatic nitrogens is 2. The van der Waals surface area contributed by atoms with E-state index in [9.17, 15) is 4.79 Å². The van der Waals surface area contributed by atoms with E-state index in [0.717, 1.165) is 22.3 Å². The predicted octanol–water partition coefficient (Wildman–Crippen LogP) is 3.89. The van der Waals surface area contributed by atoms with Crippen molar-refractivity contribution in [3.05, 3.63) is 77.3 Å². The molecule has 3 heteroatoms. The zero-order chi connectivity index (χ0) is 15.4. The quantitative estimate of drug-likeness (QED) is 0.781. The Labute approximate surface area is 124 Å². The number of para-hydroxylation sites is 2. The second-order valence-electron chi connectivity index (χ2n) is 4.71. The zero-order valence-corrected chi connectivity index (χ0v) is 12.7. The molecule has 0 aliphatic carbocycles. The molecule has 21 heavy (non-hydrogen) atoms. The lowest BCUT2D eigenvalue weighted by molar-refractivity contribution is 0.855. The number of fused-ring (bicyclic) bond motifs is 1.